The Kier molecular flexibility index (Phi) is 5.30. The topological polar surface area (TPSA) is 26.3 Å². The minimum Gasteiger partial charge on any atom is -0.446 e. The number of hydrogen-bond acceptors (Lipinski definition) is 2. The van der Waals surface area contributed by atoms with Gasteiger partial charge in [-0.3, -0.25) is 4.79 Å². The Bertz CT molecular complexity index is 123. The van der Waals surface area contributed by atoms with Gasteiger partial charge in [-0.25, -0.2) is 0 Å². The maximum Gasteiger partial charge on any atom is 0.307 e. The molecule has 0 aliphatic rings. The van der Waals surface area contributed by atoms with Crippen LogP contribution in [0.15, 0.2) is 0 Å². The third-order valence-electron chi connectivity index (χ3n) is 1.22. The van der Waals surface area contributed by atoms with Crippen LogP contribution in [-0.2, 0) is 9.53 Å². The summed E-state index contributed by atoms with van der Waals surface area (Å²) in [5.74, 6) is -0.0290. The number of hydrogen-bond donors (Lipinski definition) is 0. The number of alkyl halides is 1. The molecule has 1 atom stereocenters. The van der Waals surface area contributed by atoms with Crippen molar-refractivity contribution in [3.8, 4) is 0 Å². The second-order valence-electron chi connectivity index (χ2n) is 2.84. The summed E-state index contributed by atoms with van der Waals surface area (Å²) in [6.07, 6.45) is 1.26. The predicted octanol–water partition coefficient (Wildman–Crippen LogP) is 2.55. The van der Waals surface area contributed by atoms with Crippen LogP contribution in [0.25, 0.3) is 0 Å². The predicted molar refractivity (Wildman–Crippen MR) is 45.5 cm³/mol. The van der Waals surface area contributed by atoms with E-state index < -0.39 is 5.56 Å². The molecule has 11 heavy (non-hydrogen) atoms. The molecule has 0 aromatic carbocycles. The van der Waals surface area contributed by atoms with Crippen molar-refractivity contribution in [3.63, 3.8) is 0 Å². The van der Waals surface area contributed by atoms with Gasteiger partial charge in [0, 0.05) is 12.3 Å². The van der Waals surface area contributed by atoms with Gasteiger partial charge in [0.25, 0.3) is 0 Å². The van der Waals surface area contributed by atoms with Crippen molar-refractivity contribution in [1.82, 2.24) is 0 Å². The molecule has 0 aliphatic heterocycles. The first-order chi connectivity index (χ1) is 5.07. The molecule has 0 saturated carbocycles. The molecule has 0 aliphatic carbocycles. The molecule has 0 rings (SSSR count). The van der Waals surface area contributed by atoms with Crippen LogP contribution in [0.5, 0.6) is 0 Å². The van der Waals surface area contributed by atoms with E-state index in [0.29, 0.717) is 6.42 Å². The van der Waals surface area contributed by atoms with E-state index in [2.05, 4.69) is 0 Å². The molecule has 0 saturated heterocycles. The van der Waals surface area contributed by atoms with Crippen LogP contribution in [0.2, 0.25) is 0 Å². The molecule has 0 spiro atoms. The molecule has 0 amide bonds. The molecule has 0 bridgehead atoms. The largest absolute Gasteiger partial charge is 0.446 e. The highest BCUT2D eigenvalue weighted by Gasteiger charge is 2.13. The van der Waals surface area contributed by atoms with Crippen LogP contribution < -0.4 is 0 Å². The van der Waals surface area contributed by atoms with Gasteiger partial charge in [0.1, 0.15) is 0 Å². The summed E-state index contributed by atoms with van der Waals surface area (Å²) in [5, 5.41) is 0. The fourth-order valence-corrected chi connectivity index (χ4v) is 0.624. The van der Waals surface area contributed by atoms with Crippen LogP contribution >= 0.6 is 11.6 Å². The van der Waals surface area contributed by atoms with Crippen LogP contribution in [0.3, 0.4) is 0 Å². The molecule has 66 valence electrons. The first-order valence-electron chi connectivity index (χ1n) is 3.91. The van der Waals surface area contributed by atoms with Crippen LogP contribution in [0, 0.1) is 5.92 Å². The van der Waals surface area contributed by atoms with E-state index in [4.69, 9.17) is 16.3 Å². The molecule has 3 heteroatoms. The number of rotatable bonds is 4. The highest BCUT2D eigenvalue weighted by atomic mass is 35.5. The SMILES string of the molecule is CCCC(=O)OC(Cl)C(C)C. The molecule has 0 fully saturated rings. The molecule has 0 radical (unpaired) electrons. The van der Waals surface area contributed by atoms with Crippen molar-refractivity contribution in [1.29, 1.82) is 0 Å². The van der Waals surface area contributed by atoms with Crippen LogP contribution in [0.1, 0.15) is 33.6 Å². The quantitative estimate of drug-likeness (QED) is 0.489. The van der Waals surface area contributed by atoms with Crippen molar-refractivity contribution < 1.29 is 9.53 Å². The van der Waals surface area contributed by atoms with E-state index in [9.17, 15) is 4.79 Å². The zero-order valence-electron chi connectivity index (χ0n) is 7.26. The monoisotopic (exact) mass is 178 g/mol. The van der Waals surface area contributed by atoms with Gasteiger partial charge in [0.2, 0.25) is 0 Å². The zero-order chi connectivity index (χ0) is 8.85. The first-order valence-corrected chi connectivity index (χ1v) is 4.35. The zero-order valence-corrected chi connectivity index (χ0v) is 8.02. The van der Waals surface area contributed by atoms with Crippen molar-refractivity contribution in [2.24, 2.45) is 5.92 Å². The maximum absolute atomic E-state index is 10.9. The second-order valence-corrected chi connectivity index (χ2v) is 3.27. The lowest BCUT2D eigenvalue weighted by atomic mass is 10.2. The summed E-state index contributed by atoms with van der Waals surface area (Å²) in [5.41, 5.74) is -0.478. The fraction of sp³-hybridized carbons (Fsp3) is 0.875. The van der Waals surface area contributed by atoms with Crippen molar-refractivity contribution in [2.75, 3.05) is 0 Å². The van der Waals surface area contributed by atoms with Gasteiger partial charge < -0.3 is 4.74 Å². The van der Waals surface area contributed by atoms with E-state index in [0.717, 1.165) is 6.42 Å². The minimum atomic E-state index is -0.478. The summed E-state index contributed by atoms with van der Waals surface area (Å²) in [7, 11) is 0. The van der Waals surface area contributed by atoms with Gasteiger partial charge in [-0.2, -0.15) is 0 Å². The Labute approximate surface area is 72.9 Å². The standard InChI is InChI=1S/C8H15ClO2/c1-4-5-7(10)11-8(9)6(2)3/h6,8H,4-5H2,1-3H3. The number of halogens is 1. The Balaban J connectivity index is 3.57. The van der Waals surface area contributed by atoms with Crippen molar-refractivity contribution in [3.05, 3.63) is 0 Å². The normalized spacial score (nSPS) is 13.2. The Morgan fingerprint density at radius 1 is 1.55 bits per heavy atom. The van der Waals surface area contributed by atoms with Crippen LogP contribution in [0.4, 0.5) is 0 Å². The molecule has 0 heterocycles. The van der Waals surface area contributed by atoms with Gasteiger partial charge >= 0.3 is 5.97 Å². The van der Waals surface area contributed by atoms with Crippen molar-refractivity contribution in [2.45, 2.75) is 39.2 Å². The smallest absolute Gasteiger partial charge is 0.307 e. The van der Waals surface area contributed by atoms with Crippen LogP contribution in [-0.4, -0.2) is 11.5 Å². The molecule has 0 aromatic heterocycles. The number of ether oxygens (including phenoxy) is 1. The first kappa shape index (κ1) is 10.8. The maximum atomic E-state index is 10.9. The van der Waals surface area contributed by atoms with Gasteiger partial charge in [0.05, 0.1) is 0 Å². The lowest BCUT2D eigenvalue weighted by Crippen LogP contribution is -2.17. The summed E-state index contributed by atoms with van der Waals surface area (Å²) in [4.78, 5) is 10.9. The molecule has 2 nitrogen and oxygen atoms in total. The lowest BCUT2D eigenvalue weighted by molar-refractivity contribution is -0.146. The van der Waals surface area contributed by atoms with Gasteiger partial charge in [-0.15, -0.1) is 0 Å². The third kappa shape index (κ3) is 5.08. The molecular weight excluding hydrogens is 164 g/mol. The fourth-order valence-electron chi connectivity index (χ4n) is 0.525. The highest BCUT2D eigenvalue weighted by molar-refractivity contribution is 6.20. The summed E-state index contributed by atoms with van der Waals surface area (Å²) >= 11 is 5.70. The molecular formula is C8H15ClO2. The van der Waals surface area contributed by atoms with E-state index >= 15 is 0 Å². The van der Waals surface area contributed by atoms with Gasteiger partial charge in [0.15, 0.2) is 5.56 Å². The summed E-state index contributed by atoms with van der Waals surface area (Å²) in [6.45, 7) is 5.76. The molecule has 1 unspecified atom stereocenters. The van der Waals surface area contributed by atoms with E-state index in [1.54, 1.807) is 0 Å². The Morgan fingerprint density at radius 2 is 2.09 bits per heavy atom. The number of esters is 1. The summed E-state index contributed by atoms with van der Waals surface area (Å²) in [6, 6.07) is 0. The van der Waals surface area contributed by atoms with E-state index in [1.165, 1.54) is 0 Å². The minimum absolute atomic E-state index is 0.178. The highest BCUT2D eigenvalue weighted by Crippen LogP contribution is 2.11. The lowest BCUT2D eigenvalue weighted by Gasteiger charge is -2.13. The average Bonchev–Trinajstić information content (AvgIpc) is 1.87. The third-order valence-corrected chi connectivity index (χ3v) is 1.82. The van der Waals surface area contributed by atoms with Gasteiger partial charge in [-0.05, 0) is 6.42 Å². The van der Waals surface area contributed by atoms with E-state index in [-0.39, 0.29) is 11.9 Å². The number of carbonyl (C=O) groups excluding carboxylic acids is 1. The van der Waals surface area contributed by atoms with E-state index in [1.807, 2.05) is 20.8 Å². The average molecular weight is 179 g/mol. The summed E-state index contributed by atoms with van der Waals surface area (Å²) < 4.78 is 4.88. The Hall–Kier alpha value is -0.240. The molecule has 0 aromatic rings. The Morgan fingerprint density at radius 3 is 2.45 bits per heavy atom. The number of carbonyl (C=O) groups is 1. The second kappa shape index (κ2) is 5.42. The van der Waals surface area contributed by atoms with Crippen molar-refractivity contribution >= 4 is 17.6 Å². The molecule has 0 N–H and O–H groups in total. The van der Waals surface area contributed by atoms with Gasteiger partial charge in [-0.1, -0.05) is 32.4 Å².